The summed E-state index contributed by atoms with van der Waals surface area (Å²) in [7, 11) is 0. The molecule has 4 heteroatoms. The van der Waals surface area contributed by atoms with Crippen molar-refractivity contribution in [3.63, 3.8) is 0 Å². The van der Waals surface area contributed by atoms with Crippen LogP contribution in [-0.2, 0) is 6.42 Å². The van der Waals surface area contributed by atoms with E-state index in [1.165, 1.54) is 0 Å². The van der Waals surface area contributed by atoms with Gasteiger partial charge in [0.15, 0.2) is 0 Å². The second-order valence-corrected chi connectivity index (χ2v) is 3.62. The molecule has 2 aromatic heterocycles. The van der Waals surface area contributed by atoms with Crippen molar-refractivity contribution in [1.82, 2.24) is 15.0 Å². The molecular formula is C10H12ClN3. The van der Waals surface area contributed by atoms with Crippen molar-refractivity contribution in [2.75, 3.05) is 0 Å². The summed E-state index contributed by atoms with van der Waals surface area (Å²) in [5.74, 6) is 0. The van der Waals surface area contributed by atoms with Crippen molar-refractivity contribution in [1.29, 1.82) is 0 Å². The summed E-state index contributed by atoms with van der Waals surface area (Å²) in [6.45, 7) is 2.16. The van der Waals surface area contributed by atoms with Gasteiger partial charge < -0.3 is 4.98 Å². The van der Waals surface area contributed by atoms with Gasteiger partial charge in [-0.1, -0.05) is 13.3 Å². The summed E-state index contributed by atoms with van der Waals surface area (Å²) in [6.07, 6.45) is 5.10. The molecule has 0 saturated carbocycles. The number of nitrogens with zero attached hydrogens (tertiary/aromatic N) is 2. The number of hydrogen-bond donors (Lipinski definition) is 1. The molecule has 2 aromatic rings. The number of halogens is 1. The smallest absolute Gasteiger partial charge is 0.223 e. The van der Waals surface area contributed by atoms with Crippen LogP contribution in [0.5, 0.6) is 0 Å². The van der Waals surface area contributed by atoms with Crippen LogP contribution in [0.4, 0.5) is 0 Å². The maximum atomic E-state index is 5.82. The van der Waals surface area contributed by atoms with Crippen LogP contribution in [0.25, 0.3) is 11.0 Å². The first-order chi connectivity index (χ1) is 6.81. The van der Waals surface area contributed by atoms with Crippen LogP contribution < -0.4 is 0 Å². The zero-order valence-electron chi connectivity index (χ0n) is 8.05. The molecule has 0 amide bonds. The second-order valence-electron chi connectivity index (χ2n) is 3.28. The Morgan fingerprint density at radius 1 is 1.43 bits per heavy atom. The predicted octanol–water partition coefficient (Wildman–Crippen LogP) is 2.95. The number of aryl methyl sites for hydroxylation is 1. The Labute approximate surface area is 87.5 Å². The minimum atomic E-state index is 0.336. The van der Waals surface area contributed by atoms with Crippen LogP contribution >= 0.6 is 11.6 Å². The molecule has 2 heterocycles. The van der Waals surface area contributed by atoms with Gasteiger partial charge in [0.1, 0.15) is 0 Å². The lowest BCUT2D eigenvalue weighted by Crippen LogP contribution is -1.94. The number of hydrogen-bond acceptors (Lipinski definition) is 2. The third-order valence-corrected chi connectivity index (χ3v) is 2.39. The zero-order chi connectivity index (χ0) is 9.97. The Bertz CT molecular complexity index is 436. The van der Waals surface area contributed by atoms with Crippen LogP contribution in [0.1, 0.15) is 25.5 Å². The Kier molecular flexibility index (Phi) is 2.68. The van der Waals surface area contributed by atoms with E-state index in [0.717, 1.165) is 36.0 Å². The lowest BCUT2D eigenvalue weighted by atomic mass is 10.2. The predicted molar refractivity (Wildman–Crippen MR) is 57.5 cm³/mol. The molecule has 0 spiro atoms. The molecule has 0 aromatic carbocycles. The number of unbranched alkanes of at least 4 members (excludes halogenated alkanes) is 1. The van der Waals surface area contributed by atoms with Crippen LogP contribution in [0.2, 0.25) is 5.28 Å². The highest BCUT2D eigenvalue weighted by Gasteiger charge is 2.06. The van der Waals surface area contributed by atoms with Crippen molar-refractivity contribution in [3.8, 4) is 0 Å². The van der Waals surface area contributed by atoms with Gasteiger partial charge >= 0.3 is 0 Å². The number of aromatic nitrogens is 3. The standard InChI is InChI=1S/C10H12ClN3/c1-2-3-4-7-9-8(5-6-12-9)14-10(11)13-7/h5-6,12H,2-4H2,1H3. The first-order valence-electron chi connectivity index (χ1n) is 4.80. The molecule has 0 aliphatic carbocycles. The van der Waals surface area contributed by atoms with Crippen molar-refractivity contribution in [2.45, 2.75) is 26.2 Å². The summed E-state index contributed by atoms with van der Waals surface area (Å²) >= 11 is 5.82. The van der Waals surface area contributed by atoms with E-state index in [4.69, 9.17) is 11.6 Å². The SMILES string of the molecule is CCCCc1nc(Cl)nc2cc[nH]c12. The fourth-order valence-electron chi connectivity index (χ4n) is 1.50. The number of H-pyrrole nitrogens is 1. The van der Waals surface area contributed by atoms with Crippen LogP contribution in [0, 0.1) is 0 Å². The fourth-order valence-corrected chi connectivity index (χ4v) is 1.70. The first kappa shape index (κ1) is 9.46. The van der Waals surface area contributed by atoms with Gasteiger partial charge in [-0.05, 0) is 30.5 Å². The lowest BCUT2D eigenvalue weighted by molar-refractivity contribution is 0.779. The summed E-state index contributed by atoms with van der Waals surface area (Å²) < 4.78 is 0. The van der Waals surface area contributed by atoms with Crippen LogP contribution in [0.15, 0.2) is 12.3 Å². The summed E-state index contributed by atoms with van der Waals surface area (Å²) in [5.41, 5.74) is 2.94. The van der Waals surface area contributed by atoms with Crippen molar-refractivity contribution >= 4 is 22.6 Å². The molecule has 1 N–H and O–H groups in total. The highest BCUT2D eigenvalue weighted by Crippen LogP contribution is 2.17. The Morgan fingerprint density at radius 3 is 3.07 bits per heavy atom. The normalized spacial score (nSPS) is 11.0. The Balaban J connectivity index is 2.44. The Hall–Kier alpha value is -1.09. The minimum absolute atomic E-state index is 0.336. The maximum absolute atomic E-state index is 5.82. The monoisotopic (exact) mass is 209 g/mol. The quantitative estimate of drug-likeness (QED) is 0.790. The molecule has 0 bridgehead atoms. The van der Waals surface area contributed by atoms with Gasteiger partial charge in [0.25, 0.3) is 0 Å². The number of fused-ring (bicyclic) bond motifs is 1. The molecule has 3 nitrogen and oxygen atoms in total. The van der Waals surface area contributed by atoms with E-state index in [1.54, 1.807) is 0 Å². The highest BCUT2D eigenvalue weighted by atomic mass is 35.5. The van der Waals surface area contributed by atoms with E-state index < -0.39 is 0 Å². The lowest BCUT2D eigenvalue weighted by Gasteiger charge is -2.01. The molecule has 0 radical (unpaired) electrons. The van der Waals surface area contributed by atoms with E-state index in [2.05, 4.69) is 21.9 Å². The number of nitrogens with one attached hydrogen (secondary N) is 1. The minimum Gasteiger partial charge on any atom is -0.358 e. The van der Waals surface area contributed by atoms with Gasteiger partial charge in [-0.15, -0.1) is 0 Å². The third kappa shape index (κ3) is 1.73. The van der Waals surface area contributed by atoms with Crippen molar-refractivity contribution in [2.24, 2.45) is 0 Å². The molecule has 0 unspecified atom stereocenters. The van der Waals surface area contributed by atoms with Gasteiger partial charge in [-0.2, -0.15) is 0 Å². The van der Waals surface area contributed by atoms with Gasteiger partial charge in [0, 0.05) is 6.20 Å². The van der Waals surface area contributed by atoms with E-state index >= 15 is 0 Å². The molecule has 0 saturated heterocycles. The summed E-state index contributed by atoms with van der Waals surface area (Å²) in [6, 6.07) is 1.92. The Morgan fingerprint density at radius 2 is 2.29 bits per heavy atom. The highest BCUT2D eigenvalue weighted by molar-refractivity contribution is 6.28. The van der Waals surface area contributed by atoms with Crippen molar-refractivity contribution < 1.29 is 0 Å². The molecule has 2 rings (SSSR count). The molecule has 0 atom stereocenters. The third-order valence-electron chi connectivity index (χ3n) is 2.22. The van der Waals surface area contributed by atoms with E-state index in [-0.39, 0.29) is 0 Å². The maximum Gasteiger partial charge on any atom is 0.223 e. The largest absolute Gasteiger partial charge is 0.358 e. The average Bonchev–Trinajstić information content (AvgIpc) is 2.61. The van der Waals surface area contributed by atoms with E-state index in [0.29, 0.717) is 5.28 Å². The average molecular weight is 210 g/mol. The number of aromatic amines is 1. The van der Waals surface area contributed by atoms with Crippen molar-refractivity contribution in [3.05, 3.63) is 23.2 Å². The van der Waals surface area contributed by atoms with Crippen LogP contribution in [-0.4, -0.2) is 15.0 Å². The first-order valence-corrected chi connectivity index (χ1v) is 5.18. The summed E-state index contributed by atoms with van der Waals surface area (Å²) in [4.78, 5) is 11.5. The number of rotatable bonds is 3. The molecule has 0 aliphatic heterocycles. The van der Waals surface area contributed by atoms with Gasteiger partial charge in [0.2, 0.25) is 5.28 Å². The van der Waals surface area contributed by atoms with Crippen LogP contribution in [0.3, 0.4) is 0 Å². The fraction of sp³-hybridized carbons (Fsp3) is 0.400. The van der Waals surface area contributed by atoms with E-state index in [9.17, 15) is 0 Å². The molecule has 14 heavy (non-hydrogen) atoms. The molecule has 0 fully saturated rings. The molecule has 74 valence electrons. The van der Waals surface area contributed by atoms with E-state index in [1.807, 2.05) is 12.3 Å². The second kappa shape index (κ2) is 3.96. The molecule has 0 aliphatic rings. The topological polar surface area (TPSA) is 41.6 Å². The molecular weight excluding hydrogens is 198 g/mol. The van der Waals surface area contributed by atoms with Gasteiger partial charge in [-0.25, -0.2) is 9.97 Å². The van der Waals surface area contributed by atoms with Gasteiger partial charge in [0.05, 0.1) is 16.7 Å². The van der Waals surface area contributed by atoms with Gasteiger partial charge in [-0.3, -0.25) is 0 Å². The zero-order valence-corrected chi connectivity index (χ0v) is 8.80. The summed E-state index contributed by atoms with van der Waals surface area (Å²) in [5, 5.41) is 0.336.